The molecule has 1 amide bonds. The zero-order valence-corrected chi connectivity index (χ0v) is 11.9. The highest BCUT2D eigenvalue weighted by Gasteiger charge is 2.28. The average molecular weight is 284 g/mol. The van der Waals surface area contributed by atoms with Crippen molar-refractivity contribution in [1.29, 1.82) is 0 Å². The number of carbonyl (C=O) groups excluding carboxylic acids is 1. The van der Waals surface area contributed by atoms with Gasteiger partial charge in [0.2, 0.25) is 0 Å². The first-order valence-electron chi connectivity index (χ1n) is 6.40. The number of carbonyl (C=O) groups is 1. The van der Waals surface area contributed by atoms with Crippen LogP contribution in [0.2, 0.25) is 5.02 Å². The Labute approximate surface area is 117 Å². The molecule has 104 valence electrons. The molecule has 0 spiro atoms. The molecule has 1 aliphatic heterocycles. The van der Waals surface area contributed by atoms with E-state index in [1.165, 1.54) is 0 Å². The molecule has 2 rings (SSSR count). The Balaban J connectivity index is 2.27. The van der Waals surface area contributed by atoms with Crippen LogP contribution >= 0.6 is 11.6 Å². The number of anilines is 1. The third kappa shape index (κ3) is 2.98. The molecule has 1 aromatic rings. The normalized spacial score (nSPS) is 19.3. The fourth-order valence-corrected chi connectivity index (χ4v) is 2.31. The number of amides is 1. The maximum absolute atomic E-state index is 12.6. The van der Waals surface area contributed by atoms with E-state index in [1.54, 1.807) is 24.1 Å². The van der Waals surface area contributed by atoms with Crippen LogP contribution in [0.3, 0.4) is 0 Å². The lowest BCUT2D eigenvalue weighted by Crippen LogP contribution is -2.48. The summed E-state index contributed by atoms with van der Waals surface area (Å²) >= 11 is 6.09. The highest BCUT2D eigenvalue weighted by Crippen LogP contribution is 2.21. The largest absolute Gasteiger partial charge is 0.377 e. The van der Waals surface area contributed by atoms with Gasteiger partial charge in [-0.3, -0.25) is 4.79 Å². The second kappa shape index (κ2) is 6.21. The number of nitrogens with zero attached hydrogens (tertiary/aromatic N) is 2. The van der Waals surface area contributed by atoms with Gasteiger partial charge in [-0.25, -0.2) is 4.98 Å². The minimum Gasteiger partial charge on any atom is -0.377 e. The maximum Gasteiger partial charge on any atom is 0.274 e. The Morgan fingerprint density at radius 3 is 3.11 bits per heavy atom. The van der Waals surface area contributed by atoms with Crippen molar-refractivity contribution < 1.29 is 9.53 Å². The smallest absolute Gasteiger partial charge is 0.274 e. The van der Waals surface area contributed by atoms with Crippen LogP contribution in [0.1, 0.15) is 23.8 Å². The van der Waals surface area contributed by atoms with Crippen molar-refractivity contribution in [3.05, 3.63) is 22.8 Å². The van der Waals surface area contributed by atoms with Gasteiger partial charge in [0, 0.05) is 13.6 Å². The van der Waals surface area contributed by atoms with E-state index in [4.69, 9.17) is 16.3 Å². The fraction of sp³-hybridized carbons (Fsp3) is 0.538. The summed E-state index contributed by atoms with van der Waals surface area (Å²) < 4.78 is 5.40. The molecule has 0 saturated carbocycles. The Morgan fingerprint density at radius 2 is 2.42 bits per heavy atom. The van der Waals surface area contributed by atoms with E-state index < -0.39 is 0 Å². The van der Waals surface area contributed by atoms with E-state index >= 15 is 0 Å². The lowest BCUT2D eigenvalue weighted by Gasteiger charge is -2.35. The Hall–Kier alpha value is -1.33. The number of ether oxygens (including phenoxy) is 1. The molecule has 0 radical (unpaired) electrons. The van der Waals surface area contributed by atoms with E-state index in [9.17, 15) is 4.79 Å². The van der Waals surface area contributed by atoms with Crippen LogP contribution in [0.5, 0.6) is 0 Å². The van der Waals surface area contributed by atoms with Crippen LogP contribution in [0.4, 0.5) is 5.82 Å². The van der Waals surface area contributed by atoms with Gasteiger partial charge < -0.3 is 15.0 Å². The minimum absolute atomic E-state index is 0.0948. The number of aromatic nitrogens is 1. The summed E-state index contributed by atoms with van der Waals surface area (Å²) in [6, 6.07) is 3.53. The number of rotatable bonds is 3. The molecule has 1 fully saturated rings. The molecule has 1 saturated heterocycles. The molecular weight excluding hydrogens is 266 g/mol. The highest BCUT2D eigenvalue weighted by molar-refractivity contribution is 6.33. The standard InChI is InChI=1S/C13H18ClN3O2/c1-3-9-8-19-7-6-17(9)13(18)12-10(14)4-5-11(15-2)16-12/h4-5,9H,3,6-8H2,1-2H3,(H,15,16). The monoisotopic (exact) mass is 283 g/mol. The summed E-state index contributed by atoms with van der Waals surface area (Å²) in [6.07, 6.45) is 0.856. The molecule has 5 nitrogen and oxygen atoms in total. The van der Waals surface area contributed by atoms with Gasteiger partial charge in [-0.1, -0.05) is 18.5 Å². The summed E-state index contributed by atoms with van der Waals surface area (Å²) in [6.45, 7) is 3.76. The zero-order chi connectivity index (χ0) is 13.8. The van der Waals surface area contributed by atoms with E-state index in [0.29, 0.717) is 36.3 Å². The average Bonchev–Trinajstić information content (AvgIpc) is 2.47. The predicted molar refractivity (Wildman–Crippen MR) is 74.7 cm³/mol. The quantitative estimate of drug-likeness (QED) is 0.922. The first kappa shape index (κ1) is 14.1. The first-order valence-corrected chi connectivity index (χ1v) is 6.78. The van der Waals surface area contributed by atoms with Crippen molar-refractivity contribution in [1.82, 2.24) is 9.88 Å². The Kier molecular flexibility index (Phi) is 4.61. The van der Waals surface area contributed by atoms with Crippen LogP contribution in [0.25, 0.3) is 0 Å². The zero-order valence-electron chi connectivity index (χ0n) is 11.1. The summed E-state index contributed by atoms with van der Waals surface area (Å²) in [4.78, 5) is 18.6. The number of morpholine rings is 1. The molecule has 2 heterocycles. The minimum atomic E-state index is -0.128. The first-order chi connectivity index (χ1) is 9.17. The number of hydrogen-bond acceptors (Lipinski definition) is 4. The van der Waals surface area contributed by atoms with Crippen LogP contribution in [0.15, 0.2) is 12.1 Å². The number of nitrogens with one attached hydrogen (secondary N) is 1. The van der Waals surface area contributed by atoms with Crippen molar-refractivity contribution >= 4 is 23.3 Å². The second-order valence-corrected chi connectivity index (χ2v) is 4.82. The van der Waals surface area contributed by atoms with Crippen molar-refractivity contribution in [3.8, 4) is 0 Å². The molecule has 0 aliphatic carbocycles. The van der Waals surface area contributed by atoms with Gasteiger partial charge in [-0.2, -0.15) is 0 Å². The molecule has 6 heteroatoms. The van der Waals surface area contributed by atoms with E-state index in [1.807, 2.05) is 6.92 Å². The SMILES string of the molecule is CCC1COCCN1C(=O)c1nc(NC)ccc1Cl. The van der Waals surface area contributed by atoms with Gasteiger partial charge >= 0.3 is 0 Å². The van der Waals surface area contributed by atoms with Crippen molar-refractivity contribution in [2.45, 2.75) is 19.4 Å². The molecule has 1 unspecified atom stereocenters. The van der Waals surface area contributed by atoms with Crippen molar-refractivity contribution in [2.24, 2.45) is 0 Å². The fourth-order valence-electron chi connectivity index (χ4n) is 2.13. The lowest BCUT2D eigenvalue weighted by atomic mass is 10.1. The molecular formula is C13H18ClN3O2. The molecule has 19 heavy (non-hydrogen) atoms. The number of pyridine rings is 1. The van der Waals surface area contributed by atoms with Crippen LogP contribution in [0, 0.1) is 0 Å². The van der Waals surface area contributed by atoms with Crippen LogP contribution < -0.4 is 5.32 Å². The third-order valence-corrected chi connectivity index (χ3v) is 3.57. The molecule has 0 bridgehead atoms. The summed E-state index contributed by atoms with van der Waals surface area (Å²) in [5.74, 6) is 0.506. The van der Waals surface area contributed by atoms with Crippen molar-refractivity contribution in [2.75, 3.05) is 32.1 Å². The van der Waals surface area contributed by atoms with Crippen molar-refractivity contribution in [3.63, 3.8) is 0 Å². The molecule has 1 aromatic heterocycles. The Bertz CT molecular complexity index is 467. The second-order valence-electron chi connectivity index (χ2n) is 4.41. The van der Waals surface area contributed by atoms with E-state index in [2.05, 4.69) is 10.3 Å². The summed E-state index contributed by atoms with van der Waals surface area (Å²) in [5, 5.41) is 3.29. The number of halogens is 1. The molecule has 1 atom stereocenters. The number of hydrogen-bond donors (Lipinski definition) is 1. The molecule has 1 aliphatic rings. The van der Waals surface area contributed by atoms with Crippen LogP contribution in [-0.2, 0) is 4.74 Å². The molecule has 1 N–H and O–H groups in total. The topological polar surface area (TPSA) is 54.5 Å². The van der Waals surface area contributed by atoms with Gasteiger partial charge in [0.1, 0.15) is 11.5 Å². The Morgan fingerprint density at radius 1 is 1.63 bits per heavy atom. The van der Waals surface area contributed by atoms with Gasteiger partial charge in [0.05, 0.1) is 24.3 Å². The molecule has 0 aromatic carbocycles. The summed E-state index contributed by atoms with van der Waals surface area (Å²) in [5.41, 5.74) is 0.300. The van der Waals surface area contributed by atoms with E-state index in [-0.39, 0.29) is 11.9 Å². The maximum atomic E-state index is 12.6. The predicted octanol–water partition coefficient (Wildman–Crippen LogP) is 2.03. The van der Waals surface area contributed by atoms with Gasteiger partial charge in [0.25, 0.3) is 5.91 Å². The van der Waals surface area contributed by atoms with Crippen LogP contribution in [-0.4, -0.2) is 48.6 Å². The van der Waals surface area contributed by atoms with Gasteiger partial charge in [-0.15, -0.1) is 0 Å². The summed E-state index contributed by atoms with van der Waals surface area (Å²) in [7, 11) is 1.76. The highest BCUT2D eigenvalue weighted by atomic mass is 35.5. The van der Waals surface area contributed by atoms with Gasteiger partial charge in [-0.05, 0) is 18.6 Å². The van der Waals surface area contributed by atoms with E-state index in [0.717, 1.165) is 6.42 Å². The van der Waals surface area contributed by atoms with Gasteiger partial charge in [0.15, 0.2) is 0 Å². The lowest BCUT2D eigenvalue weighted by molar-refractivity contribution is -0.00308. The third-order valence-electron chi connectivity index (χ3n) is 3.26.